The smallest absolute Gasteiger partial charge is 0.433 e. The predicted molar refractivity (Wildman–Crippen MR) is 133 cm³/mol. The van der Waals surface area contributed by atoms with Crippen molar-refractivity contribution in [1.82, 2.24) is 14.8 Å². The van der Waals surface area contributed by atoms with Crippen LogP contribution in [0, 0.1) is 0 Å². The Morgan fingerprint density at radius 1 is 1.20 bits per heavy atom. The maximum absolute atomic E-state index is 13.6. The summed E-state index contributed by atoms with van der Waals surface area (Å²) < 4.78 is 46.0. The SMILES string of the molecule is COc1cccc2c(N3CCN(CCCCC(N)C(=O)N4CCSC4)CC3)cc(C(F)(F)F)nc12. The van der Waals surface area contributed by atoms with E-state index in [1.807, 2.05) is 9.80 Å². The zero-order valence-electron chi connectivity index (χ0n) is 19.9. The van der Waals surface area contributed by atoms with Gasteiger partial charge in [-0.3, -0.25) is 9.69 Å². The second kappa shape index (κ2) is 11.2. The first kappa shape index (κ1) is 25.8. The summed E-state index contributed by atoms with van der Waals surface area (Å²) in [4.78, 5) is 22.3. The molecule has 4 rings (SSSR count). The van der Waals surface area contributed by atoms with Crippen molar-refractivity contribution in [2.45, 2.75) is 31.5 Å². The maximum Gasteiger partial charge on any atom is 0.433 e. The Labute approximate surface area is 207 Å². The number of benzene rings is 1. The minimum absolute atomic E-state index is 0.0445. The van der Waals surface area contributed by atoms with Crippen LogP contribution < -0.4 is 15.4 Å². The van der Waals surface area contributed by atoms with E-state index in [-0.39, 0.29) is 11.4 Å². The summed E-state index contributed by atoms with van der Waals surface area (Å²) in [7, 11) is 1.43. The summed E-state index contributed by atoms with van der Waals surface area (Å²) >= 11 is 1.75. The minimum atomic E-state index is -4.54. The highest BCUT2D eigenvalue weighted by Gasteiger charge is 2.34. The van der Waals surface area contributed by atoms with Gasteiger partial charge in [0.1, 0.15) is 17.0 Å². The molecule has 0 bridgehead atoms. The van der Waals surface area contributed by atoms with Gasteiger partial charge < -0.3 is 20.3 Å². The second-order valence-corrected chi connectivity index (χ2v) is 10.0. The third-order valence-electron chi connectivity index (χ3n) is 6.62. The molecular formula is C24H32F3N5O2S. The highest BCUT2D eigenvalue weighted by atomic mass is 32.2. The Morgan fingerprint density at radius 2 is 1.97 bits per heavy atom. The van der Waals surface area contributed by atoms with Crippen LogP contribution in [0.3, 0.4) is 0 Å². The van der Waals surface area contributed by atoms with E-state index in [0.717, 1.165) is 56.7 Å². The van der Waals surface area contributed by atoms with Gasteiger partial charge >= 0.3 is 6.18 Å². The Bertz CT molecular complexity index is 1020. The maximum atomic E-state index is 13.6. The van der Waals surface area contributed by atoms with E-state index in [1.54, 1.807) is 30.0 Å². The molecule has 0 spiro atoms. The number of rotatable bonds is 8. The van der Waals surface area contributed by atoms with Crippen molar-refractivity contribution in [1.29, 1.82) is 0 Å². The molecule has 0 aliphatic carbocycles. The van der Waals surface area contributed by atoms with Gasteiger partial charge in [-0.05, 0) is 31.5 Å². The van der Waals surface area contributed by atoms with Crippen LogP contribution in [0.5, 0.6) is 5.75 Å². The molecule has 1 unspecified atom stereocenters. The van der Waals surface area contributed by atoms with Gasteiger partial charge in [0.25, 0.3) is 0 Å². The average Bonchev–Trinajstić information content (AvgIpc) is 3.40. The first-order valence-corrected chi connectivity index (χ1v) is 13.1. The number of carbonyl (C=O) groups is 1. The number of anilines is 1. The van der Waals surface area contributed by atoms with Gasteiger partial charge in [-0.15, -0.1) is 11.8 Å². The Kier molecular flexibility index (Phi) is 8.28. The summed E-state index contributed by atoms with van der Waals surface area (Å²) in [6.07, 6.45) is -2.06. The van der Waals surface area contributed by atoms with Gasteiger partial charge in [-0.25, -0.2) is 4.98 Å². The number of nitrogens with two attached hydrogens (primary N) is 1. The molecule has 2 aliphatic rings. The number of thioether (sulfide) groups is 1. The molecule has 2 N–H and O–H groups in total. The number of methoxy groups -OCH3 is 1. The molecule has 192 valence electrons. The fourth-order valence-electron chi connectivity index (χ4n) is 4.63. The number of pyridine rings is 1. The van der Waals surface area contributed by atoms with E-state index in [2.05, 4.69) is 9.88 Å². The van der Waals surface area contributed by atoms with Crippen molar-refractivity contribution in [2.75, 3.05) is 62.9 Å². The number of hydrogen-bond acceptors (Lipinski definition) is 7. The third-order valence-corrected chi connectivity index (χ3v) is 7.59. The van der Waals surface area contributed by atoms with E-state index < -0.39 is 17.9 Å². The number of unbranched alkanes of at least 4 members (excludes halogenated alkanes) is 1. The number of nitrogens with zero attached hydrogens (tertiary/aromatic N) is 4. The van der Waals surface area contributed by atoms with Crippen molar-refractivity contribution in [2.24, 2.45) is 5.73 Å². The molecule has 2 aromatic rings. The third kappa shape index (κ3) is 6.13. The van der Waals surface area contributed by atoms with Crippen LogP contribution in [-0.2, 0) is 11.0 Å². The van der Waals surface area contributed by atoms with Gasteiger partial charge in [0.2, 0.25) is 5.91 Å². The quantitative estimate of drug-likeness (QED) is 0.545. The summed E-state index contributed by atoms with van der Waals surface area (Å²) in [5.41, 5.74) is 5.94. The van der Waals surface area contributed by atoms with Crippen molar-refractivity contribution in [3.63, 3.8) is 0 Å². The lowest BCUT2D eigenvalue weighted by molar-refractivity contribution is -0.141. The summed E-state index contributed by atoms with van der Waals surface area (Å²) in [6, 6.07) is 5.90. The molecule has 1 aromatic heterocycles. The largest absolute Gasteiger partial charge is 0.494 e. The number of amides is 1. The van der Waals surface area contributed by atoms with Gasteiger partial charge in [-0.2, -0.15) is 13.2 Å². The van der Waals surface area contributed by atoms with Crippen LogP contribution in [0.15, 0.2) is 24.3 Å². The molecule has 1 aromatic carbocycles. The van der Waals surface area contributed by atoms with Crippen molar-refractivity contribution in [3.05, 3.63) is 30.0 Å². The lowest BCUT2D eigenvalue weighted by Gasteiger charge is -2.37. The first-order valence-electron chi connectivity index (χ1n) is 11.9. The predicted octanol–water partition coefficient (Wildman–Crippen LogP) is 3.41. The van der Waals surface area contributed by atoms with Crippen LogP contribution >= 0.6 is 11.8 Å². The fourth-order valence-corrected chi connectivity index (χ4v) is 5.59. The minimum Gasteiger partial charge on any atom is -0.494 e. The standard InChI is InChI=1S/C24H32F3N5O2S/c1-34-20-7-4-5-17-19(15-21(24(25,26)27)29-22(17)20)31-11-9-30(10-12-31)8-3-2-6-18(28)23(33)32-13-14-35-16-32/h4-5,7,15,18H,2-3,6,8-14,16,28H2,1H3. The molecule has 0 saturated carbocycles. The van der Waals surface area contributed by atoms with Crippen LogP contribution in [0.4, 0.5) is 18.9 Å². The van der Waals surface area contributed by atoms with Crippen molar-refractivity contribution in [3.8, 4) is 5.75 Å². The van der Waals surface area contributed by atoms with E-state index in [1.165, 1.54) is 7.11 Å². The number of aromatic nitrogens is 1. The van der Waals surface area contributed by atoms with Crippen LogP contribution in [0.2, 0.25) is 0 Å². The molecule has 1 atom stereocenters. The number of alkyl halides is 3. The van der Waals surface area contributed by atoms with Crippen molar-refractivity contribution < 1.29 is 22.7 Å². The highest BCUT2D eigenvalue weighted by Crippen LogP contribution is 2.37. The molecule has 35 heavy (non-hydrogen) atoms. The summed E-state index contributed by atoms with van der Waals surface area (Å²) in [6.45, 7) is 4.42. The molecule has 0 radical (unpaired) electrons. The number of hydrogen-bond donors (Lipinski definition) is 1. The fraction of sp³-hybridized carbons (Fsp3) is 0.583. The van der Waals surface area contributed by atoms with E-state index in [9.17, 15) is 18.0 Å². The van der Waals surface area contributed by atoms with Crippen LogP contribution in [-0.4, -0.2) is 84.7 Å². The molecular weight excluding hydrogens is 479 g/mol. The Morgan fingerprint density at radius 3 is 2.63 bits per heavy atom. The number of fused-ring (bicyclic) bond motifs is 1. The summed E-state index contributed by atoms with van der Waals surface area (Å²) in [5, 5.41) is 0.654. The molecule has 2 fully saturated rings. The number of ether oxygens (including phenoxy) is 1. The monoisotopic (exact) mass is 511 g/mol. The van der Waals surface area contributed by atoms with E-state index >= 15 is 0 Å². The zero-order valence-corrected chi connectivity index (χ0v) is 20.7. The van der Waals surface area contributed by atoms with E-state index in [0.29, 0.717) is 36.3 Å². The number of para-hydroxylation sites is 1. The molecule has 2 aliphatic heterocycles. The average molecular weight is 512 g/mol. The first-order chi connectivity index (χ1) is 16.8. The lowest BCUT2D eigenvalue weighted by Crippen LogP contribution is -2.47. The van der Waals surface area contributed by atoms with Gasteiger partial charge in [0.05, 0.1) is 19.0 Å². The topological polar surface area (TPSA) is 74.9 Å². The normalized spacial score (nSPS) is 18.3. The number of piperazine rings is 1. The van der Waals surface area contributed by atoms with Crippen molar-refractivity contribution >= 4 is 34.3 Å². The Balaban J connectivity index is 1.33. The zero-order chi connectivity index (χ0) is 25.0. The molecule has 1 amide bonds. The lowest BCUT2D eigenvalue weighted by atomic mass is 10.1. The molecule has 7 nitrogen and oxygen atoms in total. The second-order valence-electron chi connectivity index (χ2n) is 8.95. The van der Waals surface area contributed by atoms with Gasteiger partial charge in [-0.1, -0.05) is 18.6 Å². The van der Waals surface area contributed by atoms with Crippen LogP contribution in [0.25, 0.3) is 10.9 Å². The van der Waals surface area contributed by atoms with Gasteiger partial charge in [0, 0.05) is 49.6 Å². The highest BCUT2D eigenvalue weighted by molar-refractivity contribution is 7.99. The Hall–Kier alpha value is -2.24. The molecule has 2 saturated heterocycles. The van der Waals surface area contributed by atoms with Crippen LogP contribution in [0.1, 0.15) is 25.0 Å². The summed E-state index contributed by atoms with van der Waals surface area (Å²) in [5.74, 6) is 2.09. The number of halogens is 3. The van der Waals surface area contributed by atoms with Gasteiger partial charge in [0.15, 0.2) is 0 Å². The van der Waals surface area contributed by atoms with E-state index in [4.69, 9.17) is 10.5 Å². The molecule has 11 heteroatoms. The molecule has 3 heterocycles. The number of carbonyl (C=O) groups excluding carboxylic acids is 1.